The zero-order chi connectivity index (χ0) is 42.9. The molecule has 0 spiro atoms. The third-order valence-corrected chi connectivity index (χ3v) is 11.4. The molecule has 0 aliphatic heterocycles. The van der Waals surface area contributed by atoms with Gasteiger partial charge in [-0.3, -0.25) is 19.9 Å². The van der Waals surface area contributed by atoms with E-state index in [0.29, 0.717) is 5.96 Å². The van der Waals surface area contributed by atoms with Crippen molar-refractivity contribution in [2.45, 2.75) is 233 Å². The van der Waals surface area contributed by atoms with E-state index < -0.39 is 0 Å². The van der Waals surface area contributed by atoms with Crippen molar-refractivity contribution in [3.63, 3.8) is 0 Å². The first-order valence-electron chi connectivity index (χ1n) is 24.1. The Morgan fingerprint density at radius 1 is 0.544 bits per heavy atom. The van der Waals surface area contributed by atoms with Gasteiger partial charge in [0.05, 0.1) is 0 Å². The molecule has 0 bridgehead atoms. The lowest BCUT2D eigenvalue weighted by Gasteiger charge is -2.22. The van der Waals surface area contributed by atoms with Gasteiger partial charge in [-0.05, 0) is 50.7 Å². The molecule has 3 N–H and O–H groups in total. The number of nitrogens with zero attached hydrogens (tertiary/aromatic N) is 4. The fraction of sp³-hybridized carbons (Fsp3) is 0.917. The molecule has 9 heteroatoms. The third-order valence-electron chi connectivity index (χ3n) is 11.4. The lowest BCUT2D eigenvalue weighted by atomic mass is 9.89. The third kappa shape index (κ3) is 47.9. The summed E-state index contributed by atoms with van der Waals surface area (Å²) in [6.07, 6.45) is 47.1. The minimum absolute atomic E-state index is 0.250. The Bertz CT molecular complexity index is 860. The van der Waals surface area contributed by atoms with Crippen LogP contribution < -0.4 is 5.32 Å². The second-order valence-corrected chi connectivity index (χ2v) is 16.6. The number of rotatable bonds is 39. The number of nitriles is 1. The highest BCUT2D eigenvalue weighted by atomic mass is 16.3. The van der Waals surface area contributed by atoms with Crippen molar-refractivity contribution in [3.8, 4) is 6.19 Å². The summed E-state index contributed by atoms with van der Waals surface area (Å²) >= 11 is 0. The highest BCUT2D eigenvalue weighted by Crippen LogP contribution is 2.25. The fourth-order valence-electron chi connectivity index (χ4n) is 7.85. The average Bonchev–Trinajstić information content (AvgIpc) is 3.20. The first-order valence-corrected chi connectivity index (χ1v) is 24.1. The van der Waals surface area contributed by atoms with E-state index in [1.807, 2.05) is 25.2 Å². The quantitative estimate of drug-likeness (QED) is 0.0140. The van der Waals surface area contributed by atoms with Crippen LogP contribution in [0.5, 0.6) is 0 Å². The largest absolute Gasteiger partial charge is 0.483 e. The Morgan fingerprint density at radius 2 is 0.860 bits per heavy atom. The van der Waals surface area contributed by atoms with Crippen LogP contribution in [0.25, 0.3) is 0 Å². The van der Waals surface area contributed by atoms with Gasteiger partial charge in [0.2, 0.25) is 5.96 Å². The number of guanidine groups is 1. The molecule has 2 unspecified atom stereocenters. The number of nitrogens with one attached hydrogen (secondary N) is 1. The average molecular weight is 808 g/mol. The van der Waals surface area contributed by atoms with E-state index in [2.05, 4.69) is 42.9 Å². The Labute approximate surface area is 354 Å². The van der Waals surface area contributed by atoms with Crippen molar-refractivity contribution in [2.75, 3.05) is 40.3 Å². The Hall–Kier alpha value is -2.34. The van der Waals surface area contributed by atoms with E-state index in [9.17, 15) is 0 Å². The molecule has 2 atom stereocenters. The molecule has 338 valence electrons. The maximum atomic E-state index is 9.05. The van der Waals surface area contributed by atoms with Crippen LogP contribution in [-0.2, 0) is 9.59 Å². The molecule has 0 aliphatic rings. The Morgan fingerprint density at radius 3 is 1.21 bits per heavy atom. The van der Waals surface area contributed by atoms with Crippen LogP contribution in [0.3, 0.4) is 0 Å². The van der Waals surface area contributed by atoms with E-state index in [4.69, 9.17) is 25.1 Å². The molecule has 0 rings (SSSR count). The predicted molar refractivity (Wildman–Crippen MR) is 246 cm³/mol. The molecule has 0 aromatic heterocycles. The highest BCUT2D eigenvalue weighted by molar-refractivity contribution is 5.80. The van der Waals surface area contributed by atoms with Crippen molar-refractivity contribution in [3.05, 3.63) is 0 Å². The maximum Gasteiger partial charge on any atom is 0.290 e. The molecular formula is C48H97N5O4. The van der Waals surface area contributed by atoms with Gasteiger partial charge in [0.25, 0.3) is 12.9 Å². The lowest BCUT2D eigenvalue weighted by Crippen LogP contribution is -2.34. The molecule has 0 radical (unpaired) electrons. The maximum absolute atomic E-state index is 9.05. The van der Waals surface area contributed by atoms with E-state index in [0.717, 1.165) is 31.3 Å². The van der Waals surface area contributed by atoms with Crippen LogP contribution in [0.2, 0.25) is 0 Å². The molecule has 9 nitrogen and oxygen atoms in total. The van der Waals surface area contributed by atoms with Gasteiger partial charge in [0.1, 0.15) is 0 Å². The van der Waals surface area contributed by atoms with E-state index in [-0.39, 0.29) is 12.9 Å². The van der Waals surface area contributed by atoms with E-state index in [1.54, 1.807) is 0 Å². The van der Waals surface area contributed by atoms with Crippen molar-refractivity contribution in [1.29, 1.82) is 5.26 Å². The zero-order valence-electron chi connectivity index (χ0n) is 38.8. The predicted octanol–water partition coefficient (Wildman–Crippen LogP) is 13.5. The number of hydrogen-bond donors (Lipinski definition) is 3. The molecule has 0 amide bonds. The molecule has 0 aromatic rings. The minimum Gasteiger partial charge on any atom is -0.483 e. The van der Waals surface area contributed by atoms with Crippen LogP contribution in [0.15, 0.2) is 4.99 Å². The summed E-state index contributed by atoms with van der Waals surface area (Å²) in [4.78, 5) is 26.0. The highest BCUT2D eigenvalue weighted by Gasteiger charge is 2.10. The van der Waals surface area contributed by atoms with Crippen molar-refractivity contribution >= 4 is 18.9 Å². The second kappa shape index (κ2) is 51.7. The smallest absolute Gasteiger partial charge is 0.290 e. The lowest BCUT2D eigenvalue weighted by molar-refractivity contribution is -0.123. The summed E-state index contributed by atoms with van der Waals surface area (Å²) in [6, 6.07) is 0. The number of carboxylic acid groups (broad SMARTS) is 2. The number of unbranched alkanes of at least 4 members (excludes halogenated alkanes) is 20. The van der Waals surface area contributed by atoms with Crippen molar-refractivity contribution < 1.29 is 19.8 Å². The van der Waals surface area contributed by atoms with Gasteiger partial charge in [0, 0.05) is 20.6 Å². The minimum atomic E-state index is -0.250. The van der Waals surface area contributed by atoms with Crippen LogP contribution in [0, 0.1) is 23.3 Å². The van der Waals surface area contributed by atoms with Gasteiger partial charge in [-0.25, -0.2) is 0 Å². The van der Waals surface area contributed by atoms with Crippen LogP contribution in [-0.4, -0.2) is 79.2 Å². The van der Waals surface area contributed by atoms with Gasteiger partial charge >= 0.3 is 0 Å². The summed E-state index contributed by atoms with van der Waals surface area (Å²) in [5.41, 5.74) is 0. The van der Waals surface area contributed by atoms with Gasteiger partial charge < -0.3 is 20.0 Å². The molecule has 0 saturated carbocycles. The normalized spacial score (nSPS) is 12.1. The van der Waals surface area contributed by atoms with Gasteiger partial charge in [-0.2, -0.15) is 5.26 Å². The molecule has 0 aliphatic carbocycles. The number of carbonyl (C=O) groups is 2. The second-order valence-electron chi connectivity index (χ2n) is 16.6. The van der Waals surface area contributed by atoms with Gasteiger partial charge in [-0.1, -0.05) is 214 Å². The van der Waals surface area contributed by atoms with Crippen LogP contribution >= 0.6 is 0 Å². The Kier molecular flexibility index (Phi) is 53.5. The van der Waals surface area contributed by atoms with Crippen LogP contribution in [0.4, 0.5) is 0 Å². The SMILES string of the molecule is CCCCCCCCC(CC)CCCCCCCN(CCCCCCCC(CCCCCC)CCCCCCC)CCCN=C(NC#N)N(C)C.O=CO.O=CO. The summed E-state index contributed by atoms with van der Waals surface area (Å²) < 4.78 is 0. The molecule has 57 heavy (non-hydrogen) atoms. The number of hydrogen-bond acceptors (Lipinski definition) is 5. The Balaban J connectivity index is -0.00000454. The summed E-state index contributed by atoms with van der Waals surface area (Å²) in [5, 5.41) is 25.6. The summed E-state index contributed by atoms with van der Waals surface area (Å²) in [5.74, 6) is 2.61. The molecule has 0 aromatic carbocycles. The van der Waals surface area contributed by atoms with E-state index >= 15 is 0 Å². The van der Waals surface area contributed by atoms with Gasteiger partial charge in [-0.15, -0.1) is 0 Å². The summed E-state index contributed by atoms with van der Waals surface area (Å²) in [6.45, 7) is 13.2. The standard InChI is InChI=1S/C46H93N5.2CH2O2/c1-7-11-14-17-21-27-34-44(10-4)35-28-22-18-24-31-40-51(42-33-39-48-46(49-43-47)50(5)6)41-32-25-19-23-30-38-45(36-26-16-13-9-3)37-29-20-15-12-8-2;2*2-1-3/h44-45H,7-42H2,1-6H3,(H,48,49);2*1H,(H,2,3). The van der Waals surface area contributed by atoms with Gasteiger partial charge in [0.15, 0.2) is 6.19 Å². The van der Waals surface area contributed by atoms with E-state index in [1.165, 1.54) is 212 Å². The molecular weight excluding hydrogens is 711 g/mol. The van der Waals surface area contributed by atoms with Crippen molar-refractivity contribution in [1.82, 2.24) is 15.1 Å². The monoisotopic (exact) mass is 808 g/mol. The number of aliphatic imine (C=N–C) groups is 1. The summed E-state index contributed by atoms with van der Waals surface area (Å²) in [7, 11) is 3.88. The first kappa shape index (κ1) is 59.0. The molecule has 0 fully saturated rings. The molecule has 0 saturated heterocycles. The van der Waals surface area contributed by atoms with Crippen LogP contribution in [0.1, 0.15) is 233 Å². The topological polar surface area (TPSA) is 129 Å². The van der Waals surface area contributed by atoms with Crippen molar-refractivity contribution in [2.24, 2.45) is 16.8 Å². The fourth-order valence-corrected chi connectivity index (χ4v) is 7.85. The zero-order valence-corrected chi connectivity index (χ0v) is 38.8. The first-order chi connectivity index (χ1) is 27.8. The molecule has 0 heterocycles.